The molecule has 1 aromatic heterocycles. The number of hydrogen-bond acceptors (Lipinski definition) is 2. The fourth-order valence-electron chi connectivity index (χ4n) is 2.03. The maximum Gasteiger partial charge on any atom is 0.0175 e. The smallest absolute Gasteiger partial charge is 0.0175 e. The zero-order valence-electron chi connectivity index (χ0n) is 10.5. The summed E-state index contributed by atoms with van der Waals surface area (Å²) in [4.78, 5) is 1.46. The van der Waals surface area contributed by atoms with E-state index in [4.69, 9.17) is 0 Å². The summed E-state index contributed by atoms with van der Waals surface area (Å²) in [5, 5.41) is 5.62. The lowest BCUT2D eigenvalue weighted by Gasteiger charge is -2.17. The number of benzene rings is 1. The minimum Gasteiger partial charge on any atom is -0.316 e. The van der Waals surface area contributed by atoms with Gasteiger partial charge in [-0.05, 0) is 42.1 Å². The van der Waals surface area contributed by atoms with E-state index in [1.807, 2.05) is 11.3 Å². The van der Waals surface area contributed by atoms with Crippen LogP contribution in [-0.2, 0) is 6.42 Å². The normalized spacial score (nSPS) is 12.6. The molecule has 0 bridgehead atoms. The van der Waals surface area contributed by atoms with Gasteiger partial charge in [0.25, 0.3) is 0 Å². The van der Waals surface area contributed by atoms with Gasteiger partial charge in [0.05, 0.1) is 0 Å². The molecule has 1 unspecified atom stereocenters. The Balaban J connectivity index is 2.11. The zero-order valence-corrected chi connectivity index (χ0v) is 12.9. The standard InChI is InChI=1S/C15H18BrNS/c1-2-17-11-13(10-15-4-3-9-18-15)12-5-7-14(16)8-6-12/h3-9,13,17H,2,10-11H2,1H3. The summed E-state index contributed by atoms with van der Waals surface area (Å²) >= 11 is 5.34. The van der Waals surface area contributed by atoms with E-state index in [1.165, 1.54) is 10.4 Å². The molecule has 0 amide bonds. The van der Waals surface area contributed by atoms with E-state index < -0.39 is 0 Å². The molecule has 0 saturated carbocycles. The first kappa shape index (κ1) is 13.8. The Morgan fingerprint density at radius 1 is 1.22 bits per heavy atom. The largest absolute Gasteiger partial charge is 0.316 e. The monoisotopic (exact) mass is 323 g/mol. The van der Waals surface area contributed by atoms with Crippen molar-refractivity contribution in [2.75, 3.05) is 13.1 Å². The van der Waals surface area contributed by atoms with Crippen LogP contribution in [0.2, 0.25) is 0 Å². The SMILES string of the molecule is CCNCC(Cc1cccs1)c1ccc(Br)cc1. The van der Waals surface area contributed by atoms with Gasteiger partial charge in [0.1, 0.15) is 0 Å². The number of rotatable bonds is 6. The molecule has 1 N–H and O–H groups in total. The molecule has 0 aliphatic heterocycles. The Labute approximate surface area is 121 Å². The first-order valence-corrected chi connectivity index (χ1v) is 7.95. The quantitative estimate of drug-likeness (QED) is 0.828. The number of likely N-dealkylation sites (N-methyl/N-ethyl adjacent to an activating group) is 1. The topological polar surface area (TPSA) is 12.0 Å². The maximum absolute atomic E-state index is 3.49. The van der Waals surface area contributed by atoms with Crippen LogP contribution in [0.1, 0.15) is 23.3 Å². The number of thiophene rings is 1. The molecule has 0 radical (unpaired) electrons. The number of halogens is 1. The Hall–Kier alpha value is -0.640. The maximum atomic E-state index is 3.49. The molecule has 96 valence electrons. The summed E-state index contributed by atoms with van der Waals surface area (Å²) in [6.07, 6.45) is 1.12. The van der Waals surface area contributed by atoms with Crippen molar-refractivity contribution in [3.8, 4) is 0 Å². The summed E-state index contributed by atoms with van der Waals surface area (Å²) in [5.41, 5.74) is 1.41. The Bertz CT molecular complexity index is 450. The number of hydrogen-bond donors (Lipinski definition) is 1. The van der Waals surface area contributed by atoms with Crippen LogP contribution in [0.4, 0.5) is 0 Å². The van der Waals surface area contributed by atoms with E-state index in [0.717, 1.165) is 24.0 Å². The van der Waals surface area contributed by atoms with Crippen LogP contribution in [0.15, 0.2) is 46.3 Å². The molecule has 1 heterocycles. The first-order valence-electron chi connectivity index (χ1n) is 6.28. The van der Waals surface area contributed by atoms with E-state index in [1.54, 1.807) is 0 Å². The lowest BCUT2D eigenvalue weighted by molar-refractivity contribution is 0.598. The van der Waals surface area contributed by atoms with Gasteiger partial charge in [0, 0.05) is 21.8 Å². The lowest BCUT2D eigenvalue weighted by Crippen LogP contribution is -2.22. The second kappa shape index (κ2) is 7.07. The molecular formula is C15H18BrNS. The van der Waals surface area contributed by atoms with Gasteiger partial charge in [-0.1, -0.05) is 41.1 Å². The molecule has 1 aromatic carbocycles. The van der Waals surface area contributed by atoms with Gasteiger partial charge in [0.2, 0.25) is 0 Å². The minimum absolute atomic E-state index is 0.552. The van der Waals surface area contributed by atoms with Crippen LogP contribution >= 0.6 is 27.3 Å². The predicted molar refractivity (Wildman–Crippen MR) is 83.4 cm³/mol. The fourth-order valence-corrected chi connectivity index (χ4v) is 3.08. The van der Waals surface area contributed by atoms with Gasteiger partial charge in [-0.15, -0.1) is 11.3 Å². The average molecular weight is 324 g/mol. The van der Waals surface area contributed by atoms with Crippen LogP contribution in [0, 0.1) is 0 Å². The van der Waals surface area contributed by atoms with Gasteiger partial charge in [-0.2, -0.15) is 0 Å². The molecule has 1 atom stereocenters. The van der Waals surface area contributed by atoms with Crippen molar-refractivity contribution in [2.24, 2.45) is 0 Å². The van der Waals surface area contributed by atoms with Crippen molar-refractivity contribution in [3.05, 3.63) is 56.7 Å². The van der Waals surface area contributed by atoms with Crippen molar-refractivity contribution in [1.82, 2.24) is 5.32 Å². The Morgan fingerprint density at radius 2 is 2.00 bits per heavy atom. The predicted octanol–water partition coefficient (Wildman–Crippen LogP) is 4.45. The summed E-state index contributed by atoms with van der Waals surface area (Å²) in [7, 11) is 0. The van der Waals surface area contributed by atoms with Gasteiger partial charge < -0.3 is 5.32 Å². The molecule has 18 heavy (non-hydrogen) atoms. The van der Waals surface area contributed by atoms with E-state index in [-0.39, 0.29) is 0 Å². The van der Waals surface area contributed by atoms with Crippen LogP contribution in [0.3, 0.4) is 0 Å². The molecule has 0 fully saturated rings. The summed E-state index contributed by atoms with van der Waals surface area (Å²) in [6.45, 7) is 4.22. The van der Waals surface area contributed by atoms with Crippen molar-refractivity contribution >= 4 is 27.3 Å². The van der Waals surface area contributed by atoms with Crippen LogP contribution in [0.25, 0.3) is 0 Å². The second-order valence-electron chi connectivity index (χ2n) is 4.34. The van der Waals surface area contributed by atoms with Gasteiger partial charge >= 0.3 is 0 Å². The van der Waals surface area contributed by atoms with Crippen LogP contribution in [-0.4, -0.2) is 13.1 Å². The molecular weight excluding hydrogens is 306 g/mol. The van der Waals surface area contributed by atoms with Crippen molar-refractivity contribution in [2.45, 2.75) is 19.3 Å². The first-order chi connectivity index (χ1) is 8.79. The molecule has 0 spiro atoms. The fraction of sp³-hybridized carbons (Fsp3) is 0.333. The molecule has 0 aliphatic carbocycles. The molecule has 1 nitrogen and oxygen atoms in total. The highest BCUT2D eigenvalue weighted by molar-refractivity contribution is 9.10. The summed E-state index contributed by atoms with van der Waals surface area (Å²) < 4.78 is 1.14. The molecule has 0 aliphatic rings. The van der Waals surface area contributed by atoms with E-state index >= 15 is 0 Å². The molecule has 2 rings (SSSR count). The van der Waals surface area contributed by atoms with Crippen LogP contribution < -0.4 is 5.32 Å². The van der Waals surface area contributed by atoms with Crippen molar-refractivity contribution < 1.29 is 0 Å². The summed E-state index contributed by atoms with van der Waals surface area (Å²) in [5.74, 6) is 0.552. The van der Waals surface area contributed by atoms with Crippen molar-refractivity contribution in [1.29, 1.82) is 0 Å². The highest BCUT2D eigenvalue weighted by Gasteiger charge is 2.12. The third kappa shape index (κ3) is 3.94. The second-order valence-corrected chi connectivity index (χ2v) is 6.29. The average Bonchev–Trinajstić information content (AvgIpc) is 2.88. The summed E-state index contributed by atoms with van der Waals surface area (Å²) in [6, 6.07) is 13.1. The zero-order chi connectivity index (χ0) is 12.8. The number of nitrogens with one attached hydrogen (secondary N) is 1. The van der Waals surface area contributed by atoms with Gasteiger partial charge in [-0.25, -0.2) is 0 Å². The Morgan fingerprint density at radius 3 is 2.61 bits per heavy atom. The third-order valence-corrected chi connectivity index (χ3v) is 4.44. The molecule has 0 saturated heterocycles. The lowest BCUT2D eigenvalue weighted by atomic mass is 9.95. The highest BCUT2D eigenvalue weighted by atomic mass is 79.9. The highest BCUT2D eigenvalue weighted by Crippen LogP contribution is 2.24. The molecule has 3 heteroatoms. The van der Waals surface area contributed by atoms with Crippen LogP contribution in [0.5, 0.6) is 0 Å². The Kier molecular flexibility index (Phi) is 5.42. The minimum atomic E-state index is 0.552. The van der Waals surface area contributed by atoms with E-state index in [0.29, 0.717) is 5.92 Å². The van der Waals surface area contributed by atoms with Crippen molar-refractivity contribution in [3.63, 3.8) is 0 Å². The van der Waals surface area contributed by atoms with Gasteiger partial charge in [0.15, 0.2) is 0 Å². The molecule has 2 aromatic rings. The van der Waals surface area contributed by atoms with Gasteiger partial charge in [-0.3, -0.25) is 0 Å². The third-order valence-electron chi connectivity index (χ3n) is 3.01. The van der Waals surface area contributed by atoms with E-state index in [9.17, 15) is 0 Å². The van der Waals surface area contributed by atoms with E-state index in [2.05, 4.69) is 69.9 Å².